The summed E-state index contributed by atoms with van der Waals surface area (Å²) in [7, 11) is 0. The van der Waals surface area contributed by atoms with Crippen molar-refractivity contribution in [2.45, 2.75) is 36.8 Å². The van der Waals surface area contributed by atoms with Crippen LogP contribution in [0, 0.1) is 0 Å². The van der Waals surface area contributed by atoms with Crippen LogP contribution in [-0.4, -0.2) is 35.7 Å². The Morgan fingerprint density at radius 2 is 1.12 bits per heavy atom. The zero-order valence-corrected chi connectivity index (χ0v) is 7.97. The van der Waals surface area contributed by atoms with Gasteiger partial charge in [-0.05, 0) is 12.8 Å². The maximum Gasteiger partial charge on any atom is 0.457 e. The highest BCUT2D eigenvalue weighted by atomic mass is 19.4. The molecule has 0 saturated heterocycles. The van der Waals surface area contributed by atoms with Gasteiger partial charge in [-0.25, -0.2) is 4.39 Å². The van der Waals surface area contributed by atoms with Crippen LogP contribution in [0.3, 0.4) is 0 Å². The summed E-state index contributed by atoms with van der Waals surface area (Å²) in [6, 6.07) is 0. The molecular formula is C7H7F9O. The van der Waals surface area contributed by atoms with Gasteiger partial charge in [0.2, 0.25) is 0 Å². The third-order valence-electron chi connectivity index (χ3n) is 1.98. The fraction of sp³-hybridized carbons (Fsp3) is 1.00. The average Bonchev–Trinajstić information content (AvgIpc) is 2.10. The molecule has 17 heavy (non-hydrogen) atoms. The van der Waals surface area contributed by atoms with E-state index < -0.39 is 43.4 Å². The third kappa shape index (κ3) is 2.78. The van der Waals surface area contributed by atoms with Crippen LogP contribution in [0.1, 0.15) is 12.8 Å². The van der Waals surface area contributed by atoms with E-state index in [2.05, 4.69) is 0 Å². The van der Waals surface area contributed by atoms with Crippen LogP contribution in [0.5, 0.6) is 0 Å². The minimum atomic E-state index is -6.67. The fourth-order valence-electron chi connectivity index (χ4n) is 1.02. The van der Waals surface area contributed by atoms with Crippen molar-refractivity contribution in [3.05, 3.63) is 0 Å². The molecule has 0 heterocycles. The average molecular weight is 278 g/mol. The van der Waals surface area contributed by atoms with E-state index in [-0.39, 0.29) is 0 Å². The first-order valence-electron chi connectivity index (χ1n) is 4.12. The molecule has 0 aliphatic carbocycles. The van der Waals surface area contributed by atoms with E-state index in [9.17, 15) is 39.5 Å². The molecule has 0 aromatic carbocycles. The van der Waals surface area contributed by atoms with E-state index in [0.717, 1.165) is 0 Å². The molecule has 0 aliphatic rings. The van der Waals surface area contributed by atoms with Gasteiger partial charge in [0, 0.05) is 6.61 Å². The molecule has 0 spiro atoms. The Labute approximate surface area is 89.2 Å². The van der Waals surface area contributed by atoms with Gasteiger partial charge in [-0.3, -0.25) is 0 Å². The lowest BCUT2D eigenvalue weighted by Crippen LogP contribution is -2.62. The van der Waals surface area contributed by atoms with Gasteiger partial charge in [0.1, 0.15) is 0 Å². The number of halogens is 9. The molecule has 1 N–H and O–H groups in total. The Hall–Kier alpha value is -0.670. The van der Waals surface area contributed by atoms with Gasteiger partial charge in [-0.1, -0.05) is 0 Å². The summed E-state index contributed by atoms with van der Waals surface area (Å²) in [6.45, 7) is -1.14. The number of rotatable bonds is 4. The smallest absolute Gasteiger partial charge is 0.396 e. The van der Waals surface area contributed by atoms with Crippen molar-refractivity contribution in [3.8, 4) is 0 Å². The monoisotopic (exact) mass is 278 g/mol. The summed E-state index contributed by atoms with van der Waals surface area (Å²) in [6.07, 6.45) is -16.4. The SMILES string of the molecule is OCCCC(F)(C(F)(F)F)C(F)(F)C(F)(F)F. The van der Waals surface area contributed by atoms with E-state index in [1.165, 1.54) is 0 Å². The van der Waals surface area contributed by atoms with Crippen LogP contribution in [0.4, 0.5) is 39.5 Å². The Kier molecular flexibility index (Phi) is 4.36. The summed E-state index contributed by atoms with van der Waals surface area (Å²) >= 11 is 0. The molecule has 0 bridgehead atoms. The number of hydrogen-bond donors (Lipinski definition) is 1. The molecule has 104 valence electrons. The first kappa shape index (κ1) is 16.3. The van der Waals surface area contributed by atoms with E-state index in [0.29, 0.717) is 0 Å². The van der Waals surface area contributed by atoms with Crippen molar-refractivity contribution in [2.75, 3.05) is 6.61 Å². The zero-order valence-electron chi connectivity index (χ0n) is 7.97. The van der Waals surface area contributed by atoms with Crippen molar-refractivity contribution in [1.29, 1.82) is 0 Å². The molecule has 0 radical (unpaired) electrons. The summed E-state index contributed by atoms with van der Waals surface area (Å²) in [4.78, 5) is 0. The van der Waals surface area contributed by atoms with Gasteiger partial charge in [-0.2, -0.15) is 35.1 Å². The molecule has 10 heteroatoms. The van der Waals surface area contributed by atoms with E-state index in [4.69, 9.17) is 5.11 Å². The maximum atomic E-state index is 13.1. The minimum Gasteiger partial charge on any atom is -0.396 e. The van der Waals surface area contributed by atoms with Gasteiger partial charge in [0.25, 0.3) is 5.67 Å². The summed E-state index contributed by atoms with van der Waals surface area (Å²) < 4.78 is 109. The number of aliphatic hydroxyl groups excluding tert-OH is 1. The van der Waals surface area contributed by atoms with E-state index in [1.54, 1.807) is 0 Å². The summed E-state index contributed by atoms with van der Waals surface area (Å²) in [5.41, 5.74) is -5.75. The largest absolute Gasteiger partial charge is 0.457 e. The maximum absolute atomic E-state index is 13.1. The lowest BCUT2D eigenvalue weighted by molar-refractivity contribution is -0.384. The van der Waals surface area contributed by atoms with Crippen LogP contribution in [-0.2, 0) is 0 Å². The van der Waals surface area contributed by atoms with Gasteiger partial charge in [-0.15, -0.1) is 0 Å². The Morgan fingerprint density at radius 1 is 0.706 bits per heavy atom. The molecule has 0 aromatic rings. The highest BCUT2D eigenvalue weighted by molar-refractivity contribution is 5.03. The predicted molar refractivity (Wildman–Crippen MR) is 37.2 cm³/mol. The summed E-state index contributed by atoms with van der Waals surface area (Å²) in [5, 5.41) is 8.10. The van der Waals surface area contributed by atoms with Crippen molar-refractivity contribution in [1.82, 2.24) is 0 Å². The van der Waals surface area contributed by atoms with Gasteiger partial charge < -0.3 is 5.11 Å². The molecule has 1 unspecified atom stereocenters. The Morgan fingerprint density at radius 3 is 1.35 bits per heavy atom. The Balaban J connectivity index is 5.48. The molecule has 0 saturated carbocycles. The van der Waals surface area contributed by atoms with Gasteiger partial charge >= 0.3 is 18.3 Å². The van der Waals surface area contributed by atoms with Gasteiger partial charge in [0.05, 0.1) is 0 Å². The minimum absolute atomic E-state index is 1.14. The highest BCUT2D eigenvalue weighted by Gasteiger charge is 2.80. The zero-order chi connectivity index (χ0) is 14.1. The quantitative estimate of drug-likeness (QED) is 0.783. The fourth-order valence-corrected chi connectivity index (χ4v) is 1.02. The van der Waals surface area contributed by atoms with Crippen molar-refractivity contribution in [2.24, 2.45) is 0 Å². The summed E-state index contributed by atoms with van der Waals surface area (Å²) in [5.74, 6) is -6.58. The number of hydrogen-bond acceptors (Lipinski definition) is 1. The predicted octanol–water partition coefficient (Wildman–Crippen LogP) is 3.23. The first-order valence-corrected chi connectivity index (χ1v) is 4.12. The molecule has 0 aliphatic heterocycles. The van der Waals surface area contributed by atoms with Crippen LogP contribution in [0.15, 0.2) is 0 Å². The number of aliphatic hydroxyl groups is 1. The molecule has 0 fully saturated rings. The third-order valence-corrected chi connectivity index (χ3v) is 1.98. The molecule has 0 aromatic heterocycles. The second-order valence-corrected chi connectivity index (χ2v) is 3.20. The lowest BCUT2D eigenvalue weighted by atomic mass is 9.91. The van der Waals surface area contributed by atoms with Crippen molar-refractivity contribution < 1.29 is 44.6 Å². The molecule has 1 atom stereocenters. The molecular weight excluding hydrogens is 271 g/mol. The normalized spacial score (nSPS) is 18.0. The Bertz CT molecular complexity index is 255. The van der Waals surface area contributed by atoms with Crippen LogP contribution in [0.2, 0.25) is 0 Å². The highest BCUT2D eigenvalue weighted by Crippen LogP contribution is 2.54. The first-order chi connectivity index (χ1) is 7.31. The van der Waals surface area contributed by atoms with Crippen molar-refractivity contribution >= 4 is 0 Å². The standard InChI is InChI=1S/C7H7F9O/c8-4(2-1-3-17,6(11,12)13)5(9,10)7(14,15)16/h17H,1-3H2. The van der Waals surface area contributed by atoms with Crippen LogP contribution >= 0.6 is 0 Å². The van der Waals surface area contributed by atoms with Crippen molar-refractivity contribution in [3.63, 3.8) is 0 Å². The lowest BCUT2D eigenvalue weighted by Gasteiger charge is -2.35. The van der Waals surface area contributed by atoms with Crippen LogP contribution in [0.25, 0.3) is 0 Å². The van der Waals surface area contributed by atoms with E-state index >= 15 is 0 Å². The topological polar surface area (TPSA) is 20.2 Å². The second kappa shape index (κ2) is 4.54. The van der Waals surface area contributed by atoms with Crippen LogP contribution < -0.4 is 0 Å². The number of alkyl halides is 9. The van der Waals surface area contributed by atoms with E-state index in [1.807, 2.05) is 0 Å². The second-order valence-electron chi connectivity index (χ2n) is 3.20. The van der Waals surface area contributed by atoms with Gasteiger partial charge in [0.15, 0.2) is 0 Å². The molecule has 0 rings (SSSR count). The molecule has 0 amide bonds. The molecule has 1 nitrogen and oxygen atoms in total.